The van der Waals surface area contributed by atoms with Crippen LogP contribution in [0, 0.1) is 5.82 Å². The molecule has 1 saturated carbocycles. The molecule has 0 unspecified atom stereocenters. The fraction of sp³-hybridized carbons (Fsp3) is 0.471. The van der Waals surface area contributed by atoms with Gasteiger partial charge in [0, 0.05) is 5.92 Å². The summed E-state index contributed by atoms with van der Waals surface area (Å²) >= 11 is 1.44. The van der Waals surface area contributed by atoms with Gasteiger partial charge in [0.1, 0.15) is 5.01 Å². The lowest BCUT2D eigenvalue weighted by Gasteiger charge is -2.18. The Morgan fingerprint density at radius 2 is 2.12 bits per heavy atom. The maximum Gasteiger partial charge on any atom is 0.230 e. The Kier molecular flexibility index (Phi) is 5.40. The van der Waals surface area contributed by atoms with Crippen LogP contribution in [0.3, 0.4) is 0 Å². The molecule has 0 bridgehead atoms. The largest absolute Gasteiger partial charge is 0.494 e. The van der Waals surface area contributed by atoms with E-state index in [0.717, 1.165) is 17.8 Å². The van der Waals surface area contributed by atoms with Gasteiger partial charge in [-0.25, -0.2) is 4.39 Å². The minimum absolute atomic E-state index is 0.0826. The van der Waals surface area contributed by atoms with Crippen molar-refractivity contribution in [2.24, 2.45) is 0 Å². The van der Waals surface area contributed by atoms with Gasteiger partial charge in [0.15, 0.2) is 11.6 Å². The quantitative estimate of drug-likeness (QED) is 0.889. The number of methoxy groups -OCH3 is 1. The molecule has 1 fully saturated rings. The summed E-state index contributed by atoms with van der Waals surface area (Å²) in [5.41, 5.74) is 0.586. The summed E-state index contributed by atoms with van der Waals surface area (Å²) in [6.45, 7) is 0. The Morgan fingerprint density at radius 1 is 1.33 bits per heavy atom. The van der Waals surface area contributed by atoms with Crippen LogP contribution in [0.25, 0.3) is 0 Å². The van der Waals surface area contributed by atoms with Crippen molar-refractivity contribution >= 4 is 22.4 Å². The second kappa shape index (κ2) is 7.70. The van der Waals surface area contributed by atoms with Gasteiger partial charge in [-0.2, -0.15) is 0 Å². The topological polar surface area (TPSA) is 64.1 Å². The number of benzene rings is 1. The van der Waals surface area contributed by atoms with Crippen LogP contribution in [-0.2, 0) is 11.2 Å². The Morgan fingerprint density at radius 3 is 2.83 bits per heavy atom. The van der Waals surface area contributed by atoms with E-state index in [1.165, 1.54) is 49.8 Å². The first kappa shape index (κ1) is 16.8. The van der Waals surface area contributed by atoms with Crippen molar-refractivity contribution < 1.29 is 13.9 Å². The SMILES string of the molecule is COc1ccc(CC(=O)Nc2nnc(C3CCCCC3)s2)cc1F. The van der Waals surface area contributed by atoms with Crippen LogP contribution < -0.4 is 10.1 Å². The fourth-order valence-electron chi connectivity index (χ4n) is 2.97. The van der Waals surface area contributed by atoms with E-state index in [1.807, 2.05) is 0 Å². The van der Waals surface area contributed by atoms with Crippen LogP contribution in [0.5, 0.6) is 5.75 Å². The van der Waals surface area contributed by atoms with E-state index in [1.54, 1.807) is 6.07 Å². The zero-order valence-corrected chi connectivity index (χ0v) is 14.4. The van der Waals surface area contributed by atoms with Crippen LogP contribution in [0.15, 0.2) is 18.2 Å². The molecule has 0 radical (unpaired) electrons. The van der Waals surface area contributed by atoms with Gasteiger partial charge in [-0.15, -0.1) is 10.2 Å². The molecule has 5 nitrogen and oxygen atoms in total. The predicted octanol–water partition coefficient (Wildman–Crippen LogP) is 3.91. The van der Waals surface area contributed by atoms with Crippen molar-refractivity contribution in [1.82, 2.24) is 10.2 Å². The molecule has 1 amide bonds. The van der Waals surface area contributed by atoms with Crippen molar-refractivity contribution in [3.05, 3.63) is 34.6 Å². The summed E-state index contributed by atoms with van der Waals surface area (Å²) in [6, 6.07) is 4.51. The number of carbonyl (C=O) groups is 1. The molecule has 1 heterocycles. The predicted molar refractivity (Wildman–Crippen MR) is 91.0 cm³/mol. The van der Waals surface area contributed by atoms with Crippen LogP contribution >= 0.6 is 11.3 Å². The molecular weight excluding hydrogens is 329 g/mol. The standard InChI is InChI=1S/C17H20FN3O2S/c1-23-14-8-7-11(9-13(14)18)10-15(22)19-17-21-20-16(24-17)12-5-3-2-4-6-12/h7-9,12H,2-6,10H2,1H3,(H,19,21,22). The number of hydrogen-bond donors (Lipinski definition) is 1. The van der Waals surface area contributed by atoms with Gasteiger partial charge >= 0.3 is 0 Å². The van der Waals surface area contributed by atoms with E-state index in [9.17, 15) is 9.18 Å². The average molecular weight is 349 g/mol. The second-order valence-electron chi connectivity index (χ2n) is 5.97. The zero-order valence-electron chi connectivity index (χ0n) is 13.5. The first-order chi connectivity index (χ1) is 11.7. The van der Waals surface area contributed by atoms with E-state index in [4.69, 9.17) is 4.74 Å². The zero-order chi connectivity index (χ0) is 16.9. The summed E-state index contributed by atoms with van der Waals surface area (Å²) < 4.78 is 18.5. The number of nitrogens with zero attached hydrogens (tertiary/aromatic N) is 2. The number of anilines is 1. The molecule has 1 aliphatic rings. The minimum atomic E-state index is -0.474. The van der Waals surface area contributed by atoms with Gasteiger partial charge in [0.2, 0.25) is 11.0 Å². The number of nitrogens with one attached hydrogen (secondary N) is 1. The Bertz CT molecular complexity index is 714. The third-order valence-corrected chi connectivity index (χ3v) is 5.22. The molecule has 1 aliphatic carbocycles. The summed E-state index contributed by atoms with van der Waals surface area (Å²) in [4.78, 5) is 12.1. The van der Waals surface area contributed by atoms with Gasteiger partial charge in [0.05, 0.1) is 13.5 Å². The molecule has 1 N–H and O–H groups in total. The third kappa shape index (κ3) is 4.08. The first-order valence-electron chi connectivity index (χ1n) is 8.11. The van der Waals surface area contributed by atoms with Crippen LogP contribution in [0.2, 0.25) is 0 Å². The second-order valence-corrected chi connectivity index (χ2v) is 6.98. The number of hydrogen-bond acceptors (Lipinski definition) is 5. The maximum atomic E-state index is 13.7. The Balaban J connectivity index is 1.58. The lowest BCUT2D eigenvalue weighted by molar-refractivity contribution is -0.115. The van der Waals surface area contributed by atoms with E-state index >= 15 is 0 Å². The summed E-state index contributed by atoms with van der Waals surface area (Å²) in [7, 11) is 1.41. The smallest absolute Gasteiger partial charge is 0.230 e. The molecule has 3 rings (SSSR count). The van der Waals surface area contributed by atoms with E-state index in [0.29, 0.717) is 16.6 Å². The molecular formula is C17H20FN3O2S. The van der Waals surface area contributed by atoms with Crippen molar-refractivity contribution in [1.29, 1.82) is 0 Å². The Hall–Kier alpha value is -2.02. The number of ether oxygens (including phenoxy) is 1. The minimum Gasteiger partial charge on any atom is -0.494 e. The highest BCUT2D eigenvalue weighted by Gasteiger charge is 2.20. The van der Waals surface area contributed by atoms with Crippen molar-refractivity contribution in [2.75, 3.05) is 12.4 Å². The van der Waals surface area contributed by atoms with Crippen LogP contribution in [0.1, 0.15) is 48.6 Å². The lowest BCUT2D eigenvalue weighted by Crippen LogP contribution is -2.14. The molecule has 2 aromatic rings. The Labute approximate surface area is 144 Å². The van der Waals surface area contributed by atoms with Crippen LogP contribution in [0.4, 0.5) is 9.52 Å². The van der Waals surface area contributed by atoms with E-state index in [2.05, 4.69) is 15.5 Å². The molecule has 0 saturated heterocycles. The van der Waals surface area contributed by atoms with Gasteiger partial charge in [0.25, 0.3) is 0 Å². The monoisotopic (exact) mass is 349 g/mol. The van der Waals surface area contributed by atoms with Crippen molar-refractivity contribution in [2.45, 2.75) is 44.4 Å². The van der Waals surface area contributed by atoms with E-state index in [-0.39, 0.29) is 18.1 Å². The van der Waals surface area contributed by atoms with Gasteiger partial charge in [-0.1, -0.05) is 36.7 Å². The highest BCUT2D eigenvalue weighted by molar-refractivity contribution is 7.15. The number of amides is 1. The van der Waals surface area contributed by atoms with Crippen molar-refractivity contribution in [3.8, 4) is 5.75 Å². The number of carbonyl (C=O) groups excluding carboxylic acids is 1. The molecule has 0 atom stereocenters. The van der Waals surface area contributed by atoms with Gasteiger partial charge in [-0.3, -0.25) is 4.79 Å². The average Bonchev–Trinajstić information content (AvgIpc) is 3.04. The first-order valence-corrected chi connectivity index (χ1v) is 8.93. The number of halogens is 1. The van der Waals surface area contributed by atoms with Gasteiger partial charge < -0.3 is 10.1 Å². The van der Waals surface area contributed by atoms with Gasteiger partial charge in [-0.05, 0) is 30.5 Å². The molecule has 1 aromatic carbocycles. The van der Waals surface area contributed by atoms with Crippen molar-refractivity contribution in [3.63, 3.8) is 0 Å². The molecule has 0 spiro atoms. The molecule has 0 aliphatic heterocycles. The third-order valence-electron chi connectivity index (χ3n) is 4.22. The highest BCUT2D eigenvalue weighted by atomic mass is 32.1. The molecule has 7 heteroatoms. The normalized spacial score (nSPS) is 15.2. The van der Waals surface area contributed by atoms with Crippen LogP contribution in [-0.4, -0.2) is 23.2 Å². The maximum absolute atomic E-state index is 13.7. The summed E-state index contributed by atoms with van der Waals surface area (Å²) in [5.74, 6) is -0.0674. The molecule has 24 heavy (non-hydrogen) atoms. The summed E-state index contributed by atoms with van der Waals surface area (Å²) in [5, 5.41) is 12.5. The number of rotatable bonds is 5. The number of aromatic nitrogens is 2. The fourth-order valence-corrected chi connectivity index (χ4v) is 3.90. The molecule has 128 valence electrons. The van der Waals surface area contributed by atoms with E-state index < -0.39 is 5.82 Å². The highest BCUT2D eigenvalue weighted by Crippen LogP contribution is 2.35. The molecule has 1 aromatic heterocycles. The lowest BCUT2D eigenvalue weighted by atomic mass is 9.90. The summed E-state index contributed by atoms with van der Waals surface area (Å²) in [6.07, 6.45) is 6.13.